The fourth-order valence-corrected chi connectivity index (χ4v) is 2.61. The maximum atomic E-state index is 10.6. The first-order chi connectivity index (χ1) is 9.11. The van der Waals surface area contributed by atoms with Crippen molar-refractivity contribution in [3.63, 3.8) is 0 Å². The Morgan fingerprint density at radius 2 is 2.16 bits per heavy atom. The lowest BCUT2D eigenvalue weighted by molar-refractivity contribution is -0.384. The number of rotatable bonds is 3. The van der Waals surface area contributed by atoms with Crippen LogP contribution >= 0.6 is 0 Å². The van der Waals surface area contributed by atoms with Crippen LogP contribution in [0.4, 0.5) is 5.69 Å². The number of piperidine rings is 1. The Labute approximate surface area is 112 Å². The van der Waals surface area contributed by atoms with E-state index in [-0.39, 0.29) is 11.7 Å². The zero-order valence-electron chi connectivity index (χ0n) is 11.0. The third-order valence-electron chi connectivity index (χ3n) is 3.60. The number of nitrogens with zero attached hydrogens (tertiary/aromatic N) is 3. The molecule has 2 unspecified atom stereocenters. The molecule has 0 amide bonds. The van der Waals surface area contributed by atoms with Crippen molar-refractivity contribution in [3.8, 4) is 6.07 Å². The van der Waals surface area contributed by atoms with Crippen LogP contribution in [-0.2, 0) is 0 Å². The SMILES string of the molecule is CC1CCCN(C(C#N)c2ccc([N+](=O)[O-])cc2)C1. The molecule has 100 valence electrons. The van der Waals surface area contributed by atoms with Gasteiger partial charge in [0.1, 0.15) is 6.04 Å². The van der Waals surface area contributed by atoms with Crippen molar-refractivity contribution < 1.29 is 4.92 Å². The molecule has 1 fully saturated rings. The van der Waals surface area contributed by atoms with Crippen LogP contribution in [0.2, 0.25) is 0 Å². The monoisotopic (exact) mass is 259 g/mol. The molecule has 0 saturated carbocycles. The Balaban J connectivity index is 2.17. The van der Waals surface area contributed by atoms with E-state index in [1.54, 1.807) is 12.1 Å². The molecule has 0 spiro atoms. The molecule has 0 bridgehead atoms. The average molecular weight is 259 g/mol. The summed E-state index contributed by atoms with van der Waals surface area (Å²) in [5, 5.41) is 20.0. The number of nitriles is 1. The van der Waals surface area contributed by atoms with Gasteiger partial charge < -0.3 is 0 Å². The third-order valence-corrected chi connectivity index (χ3v) is 3.60. The van der Waals surface area contributed by atoms with E-state index in [1.165, 1.54) is 18.6 Å². The summed E-state index contributed by atoms with van der Waals surface area (Å²) in [5.41, 5.74) is 0.898. The highest BCUT2D eigenvalue weighted by molar-refractivity contribution is 5.36. The van der Waals surface area contributed by atoms with Crippen LogP contribution in [0.3, 0.4) is 0 Å². The van der Waals surface area contributed by atoms with Gasteiger partial charge in [-0.25, -0.2) is 0 Å². The Hall–Kier alpha value is -1.93. The zero-order chi connectivity index (χ0) is 13.8. The standard InChI is InChI=1S/C14H17N3O2/c1-11-3-2-8-16(10-11)14(9-15)12-4-6-13(7-5-12)17(18)19/h4-7,11,14H,2-3,8,10H2,1H3. The van der Waals surface area contributed by atoms with Gasteiger partial charge >= 0.3 is 0 Å². The predicted molar refractivity (Wildman–Crippen MR) is 71.4 cm³/mol. The van der Waals surface area contributed by atoms with Gasteiger partial charge in [0.15, 0.2) is 0 Å². The van der Waals surface area contributed by atoms with Crippen LogP contribution in [0.5, 0.6) is 0 Å². The van der Waals surface area contributed by atoms with E-state index < -0.39 is 4.92 Å². The maximum absolute atomic E-state index is 10.6. The van der Waals surface area contributed by atoms with E-state index in [0.29, 0.717) is 5.92 Å². The highest BCUT2D eigenvalue weighted by Crippen LogP contribution is 2.27. The van der Waals surface area contributed by atoms with Gasteiger partial charge in [-0.2, -0.15) is 5.26 Å². The molecule has 1 aliphatic rings. The quantitative estimate of drug-likeness (QED) is 0.618. The molecule has 1 aromatic rings. The summed E-state index contributed by atoms with van der Waals surface area (Å²) in [5.74, 6) is 0.600. The molecule has 1 aliphatic heterocycles. The second-order valence-electron chi connectivity index (χ2n) is 5.12. The molecule has 0 aliphatic carbocycles. The number of nitro benzene ring substituents is 1. The second kappa shape index (κ2) is 5.81. The molecular weight excluding hydrogens is 242 g/mol. The van der Waals surface area contributed by atoms with Crippen molar-refractivity contribution in [1.29, 1.82) is 5.26 Å². The minimum absolute atomic E-state index is 0.0625. The van der Waals surface area contributed by atoms with Crippen molar-refractivity contribution in [3.05, 3.63) is 39.9 Å². The smallest absolute Gasteiger partial charge is 0.269 e. The molecule has 19 heavy (non-hydrogen) atoms. The summed E-state index contributed by atoms with van der Waals surface area (Å²) in [6.45, 7) is 4.02. The fourth-order valence-electron chi connectivity index (χ4n) is 2.61. The van der Waals surface area contributed by atoms with Crippen LogP contribution < -0.4 is 0 Å². The van der Waals surface area contributed by atoms with Crippen molar-refractivity contribution in [1.82, 2.24) is 4.90 Å². The summed E-state index contributed by atoms with van der Waals surface area (Å²) in [6.07, 6.45) is 2.31. The van der Waals surface area contributed by atoms with Gasteiger partial charge in [-0.05, 0) is 43.0 Å². The molecule has 0 radical (unpaired) electrons. The molecule has 5 nitrogen and oxygen atoms in total. The highest BCUT2D eigenvalue weighted by Gasteiger charge is 2.25. The fraction of sp³-hybridized carbons (Fsp3) is 0.500. The van der Waals surface area contributed by atoms with Crippen molar-refractivity contribution in [2.45, 2.75) is 25.8 Å². The number of hydrogen-bond donors (Lipinski definition) is 0. The lowest BCUT2D eigenvalue weighted by Gasteiger charge is -2.34. The Bertz CT molecular complexity index is 492. The molecule has 1 saturated heterocycles. The number of non-ortho nitro benzene ring substituents is 1. The summed E-state index contributed by atoms with van der Waals surface area (Å²) in [4.78, 5) is 12.4. The topological polar surface area (TPSA) is 70.2 Å². The third kappa shape index (κ3) is 3.09. The van der Waals surface area contributed by atoms with Crippen LogP contribution in [-0.4, -0.2) is 22.9 Å². The number of hydrogen-bond acceptors (Lipinski definition) is 4. The highest BCUT2D eigenvalue weighted by atomic mass is 16.6. The summed E-state index contributed by atoms with van der Waals surface area (Å²) < 4.78 is 0. The van der Waals surface area contributed by atoms with E-state index in [2.05, 4.69) is 17.9 Å². The van der Waals surface area contributed by atoms with Crippen LogP contribution in [0, 0.1) is 27.4 Å². The van der Waals surface area contributed by atoms with Gasteiger partial charge in [0.05, 0.1) is 11.0 Å². The molecule has 1 heterocycles. The van der Waals surface area contributed by atoms with E-state index in [0.717, 1.165) is 25.1 Å². The van der Waals surface area contributed by atoms with E-state index in [1.807, 2.05) is 0 Å². The van der Waals surface area contributed by atoms with Gasteiger partial charge in [0.25, 0.3) is 5.69 Å². The molecular formula is C14H17N3O2. The number of likely N-dealkylation sites (tertiary alicyclic amines) is 1. The first kappa shape index (κ1) is 13.5. The lowest BCUT2D eigenvalue weighted by atomic mass is 9.96. The number of benzene rings is 1. The molecule has 2 rings (SSSR count). The van der Waals surface area contributed by atoms with Crippen LogP contribution in [0.25, 0.3) is 0 Å². The number of nitro groups is 1. The largest absolute Gasteiger partial charge is 0.284 e. The van der Waals surface area contributed by atoms with E-state index >= 15 is 0 Å². The minimum atomic E-state index is -0.422. The Kier molecular flexibility index (Phi) is 4.13. The van der Waals surface area contributed by atoms with Crippen LogP contribution in [0.15, 0.2) is 24.3 Å². The minimum Gasteiger partial charge on any atom is -0.284 e. The van der Waals surface area contributed by atoms with Gasteiger partial charge in [0, 0.05) is 18.7 Å². The summed E-state index contributed by atoms with van der Waals surface area (Å²) in [6, 6.07) is 8.31. The zero-order valence-corrected chi connectivity index (χ0v) is 11.0. The first-order valence-electron chi connectivity index (χ1n) is 6.50. The van der Waals surface area contributed by atoms with Crippen molar-refractivity contribution in [2.24, 2.45) is 5.92 Å². The first-order valence-corrected chi connectivity index (χ1v) is 6.50. The average Bonchev–Trinajstić information content (AvgIpc) is 2.40. The predicted octanol–water partition coefficient (Wildman–Crippen LogP) is 2.89. The normalized spacial score (nSPS) is 21.6. The second-order valence-corrected chi connectivity index (χ2v) is 5.12. The van der Waals surface area contributed by atoms with Crippen LogP contribution in [0.1, 0.15) is 31.4 Å². The van der Waals surface area contributed by atoms with E-state index in [9.17, 15) is 15.4 Å². The van der Waals surface area contributed by atoms with Gasteiger partial charge in [-0.3, -0.25) is 15.0 Å². The maximum Gasteiger partial charge on any atom is 0.269 e. The van der Waals surface area contributed by atoms with E-state index in [4.69, 9.17) is 0 Å². The Morgan fingerprint density at radius 1 is 1.47 bits per heavy atom. The molecule has 0 N–H and O–H groups in total. The molecule has 0 aromatic heterocycles. The van der Waals surface area contributed by atoms with Gasteiger partial charge in [0.2, 0.25) is 0 Å². The molecule has 5 heteroatoms. The summed E-state index contributed by atoms with van der Waals surface area (Å²) in [7, 11) is 0. The molecule has 2 atom stereocenters. The van der Waals surface area contributed by atoms with Crippen molar-refractivity contribution in [2.75, 3.05) is 13.1 Å². The van der Waals surface area contributed by atoms with Gasteiger partial charge in [-0.1, -0.05) is 6.92 Å². The Morgan fingerprint density at radius 3 is 2.68 bits per heavy atom. The molecule has 1 aromatic carbocycles. The van der Waals surface area contributed by atoms with Gasteiger partial charge in [-0.15, -0.1) is 0 Å². The lowest BCUT2D eigenvalue weighted by Crippen LogP contribution is -2.36. The van der Waals surface area contributed by atoms with Crippen molar-refractivity contribution >= 4 is 5.69 Å². The summed E-state index contributed by atoms with van der Waals surface area (Å²) >= 11 is 0.